The van der Waals surface area contributed by atoms with Crippen LogP contribution >= 0.6 is 22.9 Å². The molecule has 0 saturated heterocycles. The third-order valence-electron chi connectivity index (χ3n) is 1.01. The van der Waals surface area contributed by atoms with E-state index in [2.05, 4.69) is 4.99 Å². The van der Waals surface area contributed by atoms with Crippen LogP contribution in [0.15, 0.2) is 16.4 Å². The number of nitrogens with two attached hydrogens (primary N) is 2. The third-order valence-corrected chi connectivity index (χ3v) is 2.27. The Morgan fingerprint density at radius 3 is 2.67 bits per heavy atom. The molecule has 0 radical (unpaired) electrons. The molecular weight excluding hydrogens is 198 g/mol. The fraction of sp³-hybridized carbons (Fsp3) is 0. The Kier molecular flexibility index (Phi) is 2.67. The van der Waals surface area contributed by atoms with Gasteiger partial charge in [0.2, 0.25) is 0 Å². The molecule has 0 aliphatic heterocycles. The summed E-state index contributed by atoms with van der Waals surface area (Å²) in [4.78, 5) is 14.8. The number of aliphatic imine (C=N–C) groups is 1. The zero-order valence-corrected chi connectivity index (χ0v) is 7.52. The molecule has 1 rings (SSSR count). The SMILES string of the molecule is NC(N)=NC(=O)c1cc(Cl)cs1. The summed E-state index contributed by atoms with van der Waals surface area (Å²) in [5, 5.41) is 2.14. The number of guanidine groups is 1. The first kappa shape index (κ1) is 9.02. The summed E-state index contributed by atoms with van der Waals surface area (Å²) in [7, 11) is 0. The van der Waals surface area contributed by atoms with Gasteiger partial charge in [-0.25, -0.2) is 0 Å². The number of hydrogen-bond donors (Lipinski definition) is 2. The molecule has 0 aliphatic carbocycles. The van der Waals surface area contributed by atoms with E-state index in [1.807, 2.05) is 0 Å². The Morgan fingerprint density at radius 2 is 2.25 bits per heavy atom. The van der Waals surface area contributed by atoms with Crippen LogP contribution in [0.5, 0.6) is 0 Å². The second-order valence-electron chi connectivity index (χ2n) is 1.97. The van der Waals surface area contributed by atoms with Gasteiger partial charge in [0, 0.05) is 5.38 Å². The maximum Gasteiger partial charge on any atom is 0.290 e. The van der Waals surface area contributed by atoms with Gasteiger partial charge >= 0.3 is 0 Å². The van der Waals surface area contributed by atoms with Crippen molar-refractivity contribution in [2.45, 2.75) is 0 Å². The zero-order valence-electron chi connectivity index (χ0n) is 5.95. The van der Waals surface area contributed by atoms with Crippen LogP contribution in [0.2, 0.25) is 5.02 Å². The van der Waals surface area contributed by atoms with E-state index in [9.17, 15) is 4.79 Å². The van der Waals surface area contributed by atoms with Crippen LogP contribution in [0.25, 0.3) is 0 Å². The minimum atomic E-state index is -0.466. The normalized spacial score (nSPS) is 9.42. The quantitative estimate of drug-likeness (QED) is 0.524. The van der Waals surface area contributed by atoms with E-state index in [0.717, 1.165) is 0 Å². The average Bonchev–Trinajstić information content (AvgIpc) is 2.34. The first-order valence-electron chi connectivity index (χ1n) is 2.97. The molecule has 4 nitrogen and oxygen atoms in total. The van der Waals surface area contributed by atoms with E-state index < -0.39 is 5.91 Å². The molecule has 1 amide bonds. The Bertz CT molecular complexity index is 329. The van der Waals surface area contributed by atoms with Gasteiger partial charge in [0.15, 0.2) is 5.96 Å². The Balaban J connectivity index is 2.86. The molecule has 0 atom stereocenters. The summed E-state index contributed by atoms with van der Waals surface area (Å²) in [6, 6.07) is 1.51. The van der Waals surface area contributed by atoms with Crippen molar-refractivity contribution in [2.24, 2.45) is 16.5 Å². The standard InChI is InChI=1S/C6H6ClN3OS/c7-3-1-4(12-2-3)5(11)10-6(8)9/h1-2H,(H4,8,9,10,11). The van der Waals surface area contributed by atoms with Crippen molar-refractivity contribution in [1.82, 2.24) is 0 Å². The number of carbonyl (C=O) groups excluding carboxylic acids is 1. The monoisotopic (exact) mass is 203 g/mol. The molecule has 0 bridgehead atoms. The van der Waals surface area contributed by atoms with E-state index in [-0.39, 0.29) is 5.96 Å². The van der Waals surface area contributed by atoms with Gasteiger partial charge in [-0.3, -0.25) is 4.79 Å². The van der Waals surface area contributed by atoms with Crippen molar-refractivity contribution in [2.75, 3.05) is 0 Å². The van der Waals surface area contributed by atoms with Gasteiger partial charge in [-0.1, -0.05) is 11.6 Å². The highest BCUT2D eigenvalue weighted by Gasteiger charge is 2.06. The molecule has 1 aromatic rings. The van der Waals surface area contributed by atoms with Crippen LogP contribution in [0.1, 0.15) is 9.67 Å². The molecule has 0 unspecified atom stereocenters. The van der Waals surface area contributed by atoms with Gasteiger partial charge in [0.25, 0.3) is 5.91 Å². The summed E-state index contributed by atoms with van der Waals surface area (Å²) >= 11 is 6.79. The van der Waals surface area contributed by atoms with Gasteiger partial charge in [0.05, 0.1) is 9.90 Å². The second kappa shape index (κ2) is 3.55. The lowest BCUT2D eigenvalue weighted by atomic mass is 10.4. The molecule has 1 heterocycles. The molecule has 0 fully saturated rings. The van der Waals surface area contributed by atoms with E-state index >= 15 is 0 Å². The Hall–Kier alpha value is -1.07. The van der Waals surface area contributed by atoms with E-state index in [0.29, 0.717) is 9.90 Å². The highest BCUT2D eigenvalue weighted by atomic mass is 35.5. The second-order valence-corrected chi connectivity index (χ2v) is 3.32. The minimum absolute atomic E-state index is 0.246. The molecule has 4 N–H and O–H groups in total. The van der Waals surface area contributed by atoms with Crippen molar-refractivity contribution in [3.63, 3.8) is 0 Å². The van der Waals surface area contributed by atoms with Crippen molar-refractivity contribution in [3.05, 3.63) is 21.3 Å². The molecule has 0 aliphatic rings. The number of thiophene rings is 1. The lowest BCUT2D eigenvalue weighted by molar-refractivity contribution is 0.101. The highest BCUT2D eigenvalue weighted by Crippen LogP contribution is 2.19. The summed E-state index contributed by atoms with van der Waals surface area (Å²) in [6.07, 6.45) is 0. The number of halogens is 1. The molecule has 6 heteroatoms. The van der Waals surface area contributed by atoms with Gasteiger partial charge < -0.3 is 11.5 Å². The molecule has 1 aromatic heterocycles. The number of amides is 1. The smallest absolute Gasteiger partial charge is 0.290 e. The fourth-order valence-corrected chi connectivity index (χ4v) is 1.55. The molecule has 12 heavy (non-hydrogen) atoms. The Labute approximate surface area is 77.8 Å². The maximum atomic E-state index is 11.1. The Morgan fingerprint density at radius 1 is 1.58 bits per heavy atom. The third kappa shape index (κ3) is 2.21. The van der Waals surface area contributed by atoms with E-state index in [1.165, 1.54) is 17.4 Å². The highest BCUT2D eigenvalue weighted by molar-refractivity contribution is 7.12. The van der Waals surface area contributed by atoms with Crippen LogP contribution in [0.3, 0.4) is 0 Å². The van der Waals surface area contributed by atoms with E-state index in [1.54, 1.807) is 5.38 Å². The number of carbonyl (C=O) groups is 1. The summed E-state index contributed by atoms with van der Waals surface area (Å²) in [5.74, 6) is -0.712. The number of hydrogen-bond acceptors (Lipinski definition) is 2. The van der Waals surface area contributed by atoms with Gasteiger partial charge in [-0.2, -0.15) is 4.99 Å². The molecule has 0 spiro atoms. The number of rotatable bonds is 1. The minimum Gasteiger partial charge on any atom is -0.370 e. The molecule has 0 aromatic carbocycles. The maximum absolute atomic E-state index is 11.1. The van der Waals surface area contributed by atoms with Crippen LogP contribution in [-0.2, 0) is 0 Å². The molecule has 64 valence electrons. The summed E-state index contributed by atoms with van der Waals surface area (Å²) in [6.45, 7) is 0. The van der Waals surface area contributed by atoms with Crippen molar-refractivity contribution >= 4 is 34.8 Å². The molecule has 0 saturated carbocycles. The van der Waals surface area contributed by atoms with Crippen LogP contribution < -0.4 is 11.5 Å². The fourth-order valence-electron chi connectivity index (χ4n) is 0.598. The predicted octanol–water partition coefficient (Wildman–Crippen LogP) is 0.815. The van der Waals surface area contributed by atoms with Gasteiger partial charge in [-0.05, 0) is 6.07 Å². The summed E-state index contributed by atoms with van der Waals surface area (Å²) in [5.41, 5.74) is 10.0. The van der Waals surface area contributed by atoms with Crippen LogP contribution in [-0.4, -0.2) is 11.9 Å². The first-order chi connectivity index (χ1) is 5.59. The first-order valence-corrected chi connectivity index (χ1v) is 4.23. The predicted molar refractivity (Wildman–Crippen MR) is 49.5 cm³/mol. The zero-order chi connectivity index (χ0) is 9.14. The lowest BCUT2D eigenvalue weighted by Crippen LogP contribution is -2.24. The van der Waals surface area contributed by atoms with E-state index in [4.69, 9.17) is 23.1 Å². The molecular formula is C6H6ClN3OS. The number of nitrogens with zero attached hydrogens (tertiary/aromatic N) is 1. The average molecular weight is 204 g/mol. The lowest BCUT2D eigenvalue weighted by Gasteiger charge is -1.88. The van der Waals surface area contributed by atoms with Crippen LogP contribution in [0, 0.1) is 0 Å². The van der Waals surface area contributed by atoms with Gasteiger partial charge in [0.1, 0.15) is 0 Å². The van der Waals surface area contributed by atoms with Crippen molar-refractivity contribution < 1.29 is 4.79 Å². The van der Waals surface area contributed by atoms with Gasteiger partial charge in [-0.15, -0.1) is 11.3 Å². The topological polar surface area (TPSA) is 81.5 Å². The van der Waals surface area contributed by atoms with Crippen molar-refractivity contribution in [1.29, 1.82) is 0 Å². The van der Waals surface area contributed by atoms with Crippen LogP contribution in [0.4, 0.5) is 0 Å². The largest absolute Gasteiger partial charge is 0.370 e. The van der Waals surface area contributed by atoms with Crippen molar-refractivity contribution in [3.8, 4) is 0 Å². The summed E-state index contributed by atoms with van der Waals surface area (Å²) < 4.78 is 0.